The van der Waals surface area contributed by atoms with E-state index in [1.54, 1.807) is 0 Å². The molecule has 5 heteroatoms. The summed E-state index contributed by atoms with van der Waals surface area (Å²) in [6, 6.07) is 8.65. The van der Waals surface area contributed by atoms with Gasteiger partial charge >= 0.3 is 0 Å². The van der Waals surface area contributed by atoms with Crippen LogP contribution in [0.25, 0.3) is 0 Å². The molecule has 4 nitrogen and oxygen atoms in total. The lowest BCUT2D eigenvalue weighted by Gasteiger charge is -2.17. The van der Waals surface area contributed by atoms with Gasteiger partial charge in [0.05, 0.1) is 11.8 Å². The molecule has 0 amide bonds. The van der Waals surface area contributed by atoms with Crippen molar-refractivity contribution in [1.29, 1.82) is 0 Å². The first-order chi connectivity index (χ1) is 8.92. The van der Waals surface area contributed by atoms with Crippen LogP contribution in [-0.4, -0.2) is 21.3 Å². The second-order valence-electron chi connectivity index (χ2n) is 4.72. The van der Waals surface area contributed by atoms with Gasteiger partial charge in [0, 0.05) is 18.0 Å². The summed E-state index contributed by atoms with van der Waals surface area (Å²) in [5, 5.41) is 12.5. The van der Waals surface area contributed by atoms with Gasteiger partial charge in [-0.15, -0.1) is 22.0 Å². The molecule has 0 radical (unpaired) electrons. The van der Waals surface area contributed by atoms with E-state index in [1.807, 2.05) is 11.8 Å². The van der Waals surface area contributed by atoms with Crippen molar-refractivity contribution < 1.29 is 0 Å². The van der Waals surface area contributed by atoms with E-state index in [9.17, 15) is 0 Å². The van der Waals surface area contributed by atoms with Crippen LogP contribution in [0.3, 0.4) is 0 Å². The van der Waals surface area contributed by atoms with Crippen molar-refractivity contribution in [2.24, 2.45) is 0 Å². The van der Waals surface area contributed by atoms with Crippen molar-refractivity contribution in [2.75, 3.05) is 6.54 Å². The zero-order valence-electron chi connectivity index (χ0n) is 9.97. The topological polar surface area (TPSA) is 42.7 Å². The van der Waals surface area contributed by atoms with Gasteiger partial charge in [0.1, 0.15) is 11.6 Å². The minimum Gasteiger partial charge on any atom is -0.312 e. The number of thioether (sulfide) groups is 1. The Morgan fingerprint density at radius 2 is 2.22 bits per heavy atom. The number of fused-ring (bicyclic) bond motifs is 2. The van der Waals surface area contributed by atoms with Crippen LogP contribution in [0.4, 0.5) is 0 Å². The van der Waals surface area contributed by atoms with Crippen LogP contribution in [0.1, 0.15) is 22.5 Å². The van der Waals surface area contributed by atoms with Crippen LogP contribution >= 0.6 is 11.8 Å². The van der Waals surface area contributed by atoms with E-state index in [-0.39, 0.29) is 0 Å². The maximum atomic E-state index is 4.41. The van der Waals surface area contributed by atoms with E-state index in [1.165, 1.54) is 10.5 Å². The van der Waals surface area contributed by atoms with Crippen molar-refractivity contribution in [3.63, 3.8) is 0 Å². The molecule has 3 heterocycles. The maximum Gasteiger partial charge on any atom is 0.147 e. The molecule has 18 heavy (non-hydrogen) atoms. The van der Waals surface area contributed by atoms with Gasteiger partial charge in [-0.05, 0) is 18.1 Å². The van der Waals surface area contributed by atoms with Crippen LogP contribution in [0, 0.1) is 0 Å². The van der Waals surface area contributed by atoms with Gasteiger partial charge in [-0.25, -0.2) is 0 Å². The third-order valence-electron chi connectivity index (χ3n) is 3.59. The fourth-order valence-electron chi connectivity index (χ4n) is 2.68. The van der Waals surface area contributed by atoms with Crippen LogP contribution in [0.2, 0.25) is 0 Å². The second kappa shape index (κ2) is 4.10. The number of rotatable bonds is 1. The summed E-state index contributed by atoms with van der Waals surface area (Å²) in [4.78, 5) is 1.40. The quantitative estimate of drug-likeness (QED) is 0.846. The van der Waals surface area contributed by atoms with Crippen molar-refractivity contribution >= 4 is 11.8 Å². The average molecular weight is 258 g/mol. The largest absolute Gasteiger partial charge is 0.312 e. The van der Waals surface area contributed by atoms with Crippen LogP contribution in [0.5, 0.6) is 0 Å². The first kappa shape index (κ1) is 10.6. The van der Waals surface area contributed by atoms with E-state index in [0.717, 1.165) is 37.7 Å². The number of nitrogens with zero attached hydrogens (tertiary/aromatic N) is 3. The number of benzene rings is 1. The fourth-order valence-corrected chi connectivity index (χ4v) is 3.99. The monoisotopic (exact) mass is 258 g/mol. The molecule has 1 aromatic heterocycles. The minimum absolute atomic E-state index is 0.432. The highest BCUT2D eigenvalue weighted by Crippen LogP contribution is 2.45. The molecule has 4 rings (SSSR count). The summed E-state index contributed by atoms with van der Waals surface area (Å²) in [5.41, 5.74) is 1.44. The molecule has 1 atom stereocenters. The highest BCUT2D eigenvalue weighted by atomic mass is 32.2. The number of aromatic nitrogens is 3. The first-order valence-electron chi connectivity index (χ1n) is 6.29. The minimum atomic E-state index is 0.432. The molecule has 92 valence electrons. The zero-order valence-corrected chi connectivity index (χ0v) is 10.8. The second-order valence-corrected chi connectivity index (χ2v) is 5.97. The molecule has 0 saturated heterocycles. The Kier molecular flexibility index (Phi) is 2.41. The molecule has 2 aliphatic rings. The van der Waals surface area contributed by atoms with Crippen LogP contribution < -0.4 is 5.32 Å². The summed E-state index contributed by atoms with van der Waals surface area (Å²) in [6.07, 6.45) is 1.08. The van der Waals surface area contributed by atoms with Gasteiger partial charge in [-0.3, -0.25) is 0 Å². The van der Waals surface area contributed by atoms with Gasteiger partial charge < -0.3 is 9.88 Å². The van der Waals surface area contributed by atoms with Gasteiger partial charge in [0.25, 0.3) is 0 Å². The third kappa shape index (κ3) is 1.58. The molecule has 1 N–H and O–H groups in total. The summed E-state index contributed by atoms with van der Waals surface area (Å²) in [5.74, 6) is 2.22. The normalized spacial score (nSPS) is 21.7. The molecule has 0 saturated carbocycles. The van der Waals surface area contributed by atoms with E-state index in [2.05, 4.69) is 44.3 Å². The van der Waals surface area contributed by atoms with Crippen LogP contribution in [-0.2, 0) is 19.5 Å². The van der Waals surface area contributed by atoms with E-state index < -0.39 is 0 Å². The van der Waals surface area contributed by atoms with Crippen molar-refractivity contribution in [1.82, 2.24) is 20.1 Å². The fraction of sp³-hybridized carbons (Fsp3) is 0.385. The van der Waals surface area contributed by atoms with E-state index in [0.29, 0.717) is 5.25 Å². The molecule has 0 aliphatic carbocycles. The Labute approximate surface area is 110 Å². The summed E-state index contributed by atoms with van der Waals surface area (Å²) in [6.45, 7) is 2.85. The SMILES string of the molecule is c1ccc2c(c1)CC(c1nnc3n1CCNC3)S2. The Morgan fingerprint density at radius 1 is 1.28 bits per heavy atom. The predicted octanol–water partition coefficient (Wildman–Crippen LogP) is 1.77. The molecule has 1 aromatic carbocycles. The Balaban J connectivity index is 1.68. The Bertz CT molecular complexity index is 567. The maximum absolute atomic E-state index is 4.41. The Morgan fingerprint density at radius 3 is 3.17 bits per heavy atom. The van der Waals surface area contributed by atoms with Crippen molar-refractivity contribution in [3.8, 4) is 0 Å². The average Bonchev–Trinajstić information content (AvgIpc) is 3.02. The lowest BCUT2D eigenvalue weighted by atomic mass is 10.1. The first-order valence-corrected chi connectivity index (χ1v) is 7.17. The predicted molar refractivity (Wildman–Crippen MR) is 70.5 cm³/mol. The summed E-state index contributed by atoms with van der Waals surface area (Å²) < 4.78 is 2.29. The molecule has 0 bridgehead atoms. The zero-order chi connectivity index (χ0) is 11.9. The molecular weight excluding hydrogens is 244 g/mol. The molecular formula is C13H14N4S. The van der Waals surface area contributed by atoms with Gasteiger partial charge in [-0.1, -0.05) is 18.2 Å². The lowest BCUT2D eigenvalue weighted by molar-refractivity contribution is 0.492. The number of nitrogens with one attached hydrogen (secondary N) is 1. The van der Waals surface area contributed by atoms with E-state index >= 15 is 0 Å². The number of hydrogen-bond donors (Lipinski definition) is 1. The third-order valence-corrected chi connectivity index (χ3v) is 4.90. The van der Waals surface area contributed by atoms with Gasteiger partial charge in [0.2, 0.25) is 0 Å². The Hall–Kier alpha value is -1.33. The lowest BCUT2D eigenvalue weighted by Crippen LogP contribution is -2.29. The molecule has 2 aromatic rings. The van der Waals surface area contributed by atoms with Gasteiger partial charge in [-0.2, -0.15) is 0 Å². The van der Waals surface area contributed by atoms with Gasteiger partial charge in [0.15, 0.2) is 0 Å². The smallest absolute Gasteiger partial charge is 0.147 e. The number of hydrogen-bond acceptors (Lipinski definition) is 4. The molecule has 2 aliphatic heterocycles. The summed E-state index contributed by atoms with van der Waals surface area (Å²) in [7, 11) is 0. The molecule has 0 spiro atoms. The standard InChI is InChI=1S/C13H14N4S/c1-2-4-10-9(3-1)7-11(18-10)13-16-15-12-8-14-5-6-17(12)13/h1-4,11,14H,5-8H2. The van der Waals surface area contributed by atoms with Crippen molar-refractivity contribution in [2.45, 2.75) is 29.7 Å². The molecule has 1 unspecified atom stereocenters. The highest BCUT2D eigenvalue weighted by Gasteiger charge is 2.29. The van der Waals surface area contributed by atoms with Crippen LogP contribution in [0.15, 0.2) is 29.2 Å². The van der Waals surface area contributed by atoms with Crippen molar-refractivity contribution in [3.05, 3.63) is 41.5 Å². The van der Waals surface area contributed by atoms with E-state index in [4.69, 9.17) is 0 Å². The summed E-state index contributed by atoms with van der Waals surface area (Å²) >= 11 is 1.92. The highest BCUT2D eigenvalue weighted by molar-refractivity contribution is 7.99. The molecule has 0 fully saturated rings.